The van der Waals surface area contributed by atoms with Crippen LogP contribution in [0.4, 0.5) is 0 Å². The van der Waals surface area contributed by atoms with Crippen molar-refractivity contribution in [2.75, 3.05) is 32.8 Å². The van der Waals surface area contributed by atoms with Gasteiger partial charge in [0, 0.05) is 43.5 Å². The molecule has 1 amide bonds. The molecule has 1 aromatic rings. The fourth-order valence-corrected chi connectivity index (χ4v) is 2.41. The van der Waals surface area contributed by atoms with Crippen LogP contribution in [0.25, 0.3) is 0 Å². The van der Waals surface area contributed by atoms with E-state index in [1.807, 2.05) is 0 Å². The number of hydrogen-bond donors (Lipinski definition) is 2. The van der Waals surface area contributed by atoms with Crippen molar-refractivity contribution in [2.45, 2.75) is 25.9 Å². The fraction of sp³-hybridized carbons (Fsp3) is 0.600. The van der Waals surface area contributed by atoms with Crippen molar-refractivity contribution in [2.24, 2.45) is 5.73 Å². The summed E-state index contributed by atoms with van der Waals surface area (Å²) in [6.45, 7) is 8.49. The van der Waals surface area contributed by atoms with Gasteiger partial charge in [0.2, 0.25) is 0 Å². The van der Waals surface area contributed by atoms with Gasteiger partial charge in [-0.3, -0.25) is 14.7 Å². The van der Waals surface area contributed by atoms with Crippen molar-refractivity contribution < 1.29 is 9.53 Å². The van der Waals surface area contributed by atoms with Gasteiger partial charge in [-0.25, -0.2) is 0 Å². The van der Waals surface area contributed by atoms with Gasteiger partial charge in [0.05, 0.1) is 18.9 Å². The fourth-order valence-electron chi connectivity index (χ4n) is 2.41. The van der Waals surface area contributed by atoms with Gasteiger partial charge in [0.25, 0.3) is 5.91 Å². The lowest BCUT2D eigenvalue weighted by atomic mass is 10.0. The van der Waals surface area contributed by atoms with Crippen LogP contribution in [-0.2, 0) is 11.3 Å². The molecule has 0 unspecified atom stereocenters. The Balaban J connectivity index is 0.00000242. The van der Waals surface area contributed by atoms with Gasteiger partial charge in [-0.1, -0.05) is 0 Å². The number of pyridine rings is 1. The molecule has 0 atom stereocenters. The summed E-state index contributed by atoms with van der Waals surface area (Å²) in [5, 5.41) is 3.00. The molecule has 0 spiro atoms. The summed E-state index contributed by atoms with van der Waals surface area (Å²) in [7, 11) is 0. The quantitative estimate of drug-likeness (QED) is 0.820. The number of ether oxygens (including phenoxy) is 1. The second kappa shape index (κ2) is 10.1. The van der Waals surface area contributed by atoms with Crippen molar-refractivity contribution in [1.29, 1.82) is 0 Å². The van der Waals surface area contributed by atoms with E-state index < -0.39 is 0 Å². The van der Waals surface area contributed by atoms with Gasteiger partial charge in [-0.2, -0.15) is 0 Å². The van der Waals surface area contributed by atoms with E-state index in [2.05, 4.69) is 29.0 Å². The third-order valence-electron chi connectivity index (χ3n) is 3.84. The van der Waals surface area contributed by atoms with Gasteiger partial charge in [0.15, 0.2) is 0 Å². The molecule has 1 aliphatic heterocycles. The zero-order chi connectivity index (χ0) is 15.3. The number of aromatic nitrogens is 1. The lowest BCUT2D eigenvalue weighted by molar-refractivity contribution is -0.00923. The number of rotatable bonds is 5. The van der Waals surface area contributed by atoms with Crippen LogP contribution in [0.5, 0.6) is 0 Å². The molecule has 8 heteroatoms. The number of hydrogen-bond acceptors (Lipinski definition) is 5. The maximum atomic E-state index is 12.2. The van der Waals surface area contributed by atoms with Gasteiger partial charge >= 0.3 is 0 Å². The number of carbonyl (C=O) groups excluding carboxylic acids is 1. The smallest absolute Gasteiger partial charge is 0.251 e. The molecule has 23 heavy (non-hydrogen) atoms. The van der Waals surface area contributed by atoms with Gasteiger partial charge in [-0.15, -0.1) is 24.8 Å². The van der Waals surface area contributed by atoms with E-state index in [9.17, 15) is 4.79 Å². The highest BCUT2D eigenvalue weighted by atomic mass is 35.5. The topological polar surface area (TPSA) is 80.5 Å². The van der Waals surface area contributed by atoms with Crippen LogP contribution in [-0.4, -0.2) is 54.2 Å². The monoisotopic (exact) mass is 364 g/mol. The largest absolute Gasteiger partial charge is 0.379 e. The Bertz CT molecular complexity index is 494. The molecule has 1 aliphatic rings. The zero-order valence-electron chi connectivity index (χ0n) is 13.6. The van der Waals surface area contributed by atoms with Gasteiger partial charge < -0.3 is 15.8 Å². The number of amides is 1. The number of nitrogens with two attached hydrogens (primary N) is 1. The Morgan fingerprint density at radius 3 is 2.65 bits per heavy atom. The van der Waals surface area contributed by atoms with Crippen LogP contribution in [0, 0.1) is 0 Å². The summed E-state index contributed by atoms with van der Waals surface area (Å²) in [6, 6.07) is 3.44. The predicted molar refractivity (Wildman–Crippen MR) is 95.4 cm³/mol. The highest BCUT2D eigenvalue weighted by Gasteiger charge is 2.28. The van der Waals surface area contributed by atoms with Crippen LogP contribution in [0.1, 0.15) is 29.9 Å². The second-order valence-corrected chi connectivity index (χ2v) is 5.83. The Morgan fingerprint density at radius 2 is 2.04 bits per heavy atom. The number of carbonyl (C=O) groups is 1. The minimum Gasteiger partial charge on any atom is -0.379 e. The molecular formula is C15H26Cl2N4O2. The van der Waals surface area contributed by atoms with E-state index in [1.54, 1.807) is 18.3 Å². The average Bonchev–Trinajstić information content (AvgIpc) is 2.53. The van der Waals surface area contributed by atoms with Crippen LogP contribution in [0.2, 0.25) is 0 Å². The van der Waals surface area contributed by atoms with Crippen LogP contribution in [0.3, 0.4) is 0 Å². The molecule has 0 bridgehead atoms. The summed E-state index contributed by atoms with van der Waals surface area (Å²) in [4.78, 5) is 18.7. The molecule has 0 saturated carbocycles. The number of halogens is 2. The first-order valence-corrected chi connectivity index (χ1v) is 7.29. The molecule has 1 fully saturated rings. The van der Waals surface area contributed by atoms with Crippen LogP contribution in [0.15, 0.2) is 18.3 Å². The third kappa shape index (κ3) is 6.24. The molecule has 2 heterocycles. The van der Waals surface area contributed by atoms with Crippen molar-refractivity contribution in [3.05, 3.63) is 29.6 Å². The first kappa shape index (κ1) is 22.1. The van der Waals surface area contributed by atoms with E-state index in [0.717, 1.165) is 32.0 Å². The lowest BCUT2D eigenvalue weighted by Gasteiger charge is -2.40. The van der Waals surface area contributed by atoms with E-state index in [1.165, 1.54) is 0 Å². The highest BCUT2D eigenvalue weighted by Crippen LogP contribution is 2.15. The number of nitrogens with zero attached hydrogens (tertiary/aromatic N) is 2. The van der Waals surface area contributed by atoms with Crippen LogP contribution < -0.4 is 11.1 Å². The number of morpholine rings is 1. The zero-order valence-corrected chi connectivity index (χ0v) is 15.2. The third-order valence-corrected chi connectivity index (χ3v) is 3.84. The van der Waals surface area contributed by atoms with Crippen LogP contribution >= 0.6 is 24.8 Å². The summed E-state index contributed by atoms with van der Waals surface area (Å²) in [5.41, 5.74) is 6.77. The summed E-state index contributed by atoms with van der Waals surface area (Å²) in [6.07, 6.45) is 1.62. The predicted octanol–water partition coefficient (Wildman–Crippen LogP) is 1.22. The summed E-state index contributed by atoms with van der Waals surface area (Å²) >= 11 is 0. The molecule has 0 radical (unpaired) electrons. The maximum absolute atomic E-state index is 12.2. The Kier molecular flexibility index (Phi) is 9.65. The number of nitrogens with one attached hydrogen (secondary N) is 1. The molecule has 0 aliphatic carbocycles. The summed E-state index contributed by atoms with van der Waals surface area (Å²) < 4.78 is 5.37. The Morgan fingerprint density at radius 1 is 1.39 bits per heavy atom. The van der Waals surface area contributed by atoms with E-state index >= 15 is 0 Å². The molecule has 0 aromatic carbocycles. The molecule has 3 N–H and O–H groups in total. The van der Waals surface area contributed by atoms with E-state index in [-0.39, 0.29) is 36.3 Å². The van der Waals surface area contributed by atoms with Crippen molar-refractivity contribution in [3.63, 3.8) is 0 Å². The minimum absolute atomic E-state index is 0. The highest BCUT2D eigenvalue weighted by molar-refractivity contribution is 5.94. The molecule has 2 rings (SSSR count). The first-order valence-electron chi connectivity index (χ1n) is 7.29. The molecule has 1 saturated heterocycles. The minimum atomic E-state index is -0.0941. The van der Waals surface area contributed by atoms with Gasteiger partial charge in [0.1, 0.15) is 0 Å². The normalized spacial score (nSPS) is 15.3. The van der Waals surface area contributed by atoms with Crippen molar-refractivity contribution in [3.8, 4) is 0 Å². The molecular weight excluding hydrogens is 339 g/mol. The average molecular weight is 365 g/mol. The summed E-state index contributed by atoms with van der Waals surface area (Å²) in [5.74, 6) is -0.0894. The second-order valence-electron chi connectivity index (χ2n) is 5.83. The maximum Gasteiger partial charge on any atom is 0.251 e. The Hall–Kier alpha value is -0.920. The van der Waals surface area contributed by atoms with Crippen molar-refractivity contribution >= 4 is 30.7 Å². The lowest BCUT2D eigenvalue weighted by Crippen LogP contribution is -2.55. The molecule has 6 nitrogen and oxygen atoms in total. The molecule has 1 aromatic heterocycles. The first-order chi connectivity index (χ1) is 10.0. The molecule has 132 valence electrons. The Labute approximate surface area is 150 Å². The SMILES string of the molecule is CC(C)(CNC(=O)c1ccnc(CN)c1)N1CCOCC1.Cl.Cl. The van der Waals surface area contributed by atoms with Crippen molar-refractivity contribution in [1.82, 2.24) is 15.2 Å². The van der Waals surface area contributed by atoms with E-state index in [0.29, 0.717) is 18.7 Å². The standard InChI is InChI=1S/C15H24N4O2.2ClH/c1-15(2,19-5-7-21-8-6-19)11-18-14(20)12-3-4-17-13(9-12)10-16;;/h3-4,9H,5-8,10-11,16H2,1-2H3,(H,18,20);2*1H. The van der Waals surface area contributed by atoms with Gasteiger partial charge in [-0.05, 0) is 26.0 Å². The van der Waals surface area contributed by atoms with E-state index in [4.69, 9.17) is 10.5 Å².